The van der Waals surface area contributed by atoms with Crippen LogP contribution in [0.15, 0.2) is 17.1 Å². The van der Waals surface area contributed by atoms with E-state index in [9.17, 15) is 19.6 Å². The van der Waals surface area contributed by atoms with E-state index in [0.29, 0.717) is 23.7 Å². The minimum Gasteiger partial charge on any atom is -0.461 e. The average Bonchev–Trinajstić information content (AvgIpc) is 3.66. The number of nitriles is 1. The molecule has 4 N–H and O–H groups in total. The molecule has 1 aromatic heterocycles. The zero-order chi connectivity index (χ0) is 35.5. The van der Waals surface area contributed by atoms with Gasteiger partial charge in [0.25, 0.3) is 0 Å². The Kier molecular flexibility index (Phi) is 11.1. The van der Waals surface area contributed by atoms with E-state index < -0.39 is 58.8 Å². The van der Waals surface area contributed by atoms with Crippen molar-refractivity contribution in [2.24, 2.45) is 16.3 Å². The third-order valence-corrected chi connectivity index (χ3v) is 8.54. The van der Waals surface area contributed by atoms with Crippen LogP contribution in [0.25, 0.3) is 0 Å². The van der Waals surface area contributed by atoms with E-state index in [4.69, 9.17) is 29.1 Å². The number of amides is 2. The number of carbonyl (C=O) groups excluding carboxylic acids is 3. The molecule has 0 bridgehead atoms. The first kappa shape index (κ1) is 37.0. The lowest BCUT2D eigenvalue weighted by Gasteiger charge is -2.31. The topological polar surface area (TPSA) is 197 Å². The Hall–Kier alpha value is -3.80. The van der Waals surface area contributed by atoms with Crippen molar-refractivity contribution in [1.29, 1.82) is 10.7 Å². The third-order valence-electron chi connectivity index (χ3n) is 8.54. The number of ether oxygens (including phenoxy) is 5. The Labute approximate surface area is 282 Å². The molecule has 2 amide bonds. The normalized spacial score (nSPS) is 26.6. The summed E-state index contributed by atoms with van der Waals surface area (Å²) in [6.45, 7) is 13.7. The Morgan fingerprint density at radius 1 is 1.12 bits per heavy atom. The molecule has 2 aliphatic heterocycles. The van der Waals surface area contributed by atoms with E-state index in [1.165, 1.54) is 6.42 Å². The predicted molar refractivity (Wildman–Crippen MR) is 175 cm³/mol. The first-order chi connectivity index (χ1) is 22.4. The molecule has 264 valence electrons. The fourth-order valence-corrected chi connectivity index (χ4v) is 6.37. The maximum atomic E-state index is 13.4. The summed E-state index contributed by atoms with van der Waals surface area (Å²) in [6, 6.07) is 4.47. The van der Waals surface area contributed by atoms with Crippen molar-refractivity contribution < 1.29 is 38.1 Å². The van der Waals surface area contributed by atoms with Crippen molar-refractivity contribution in [2.75, 3.05) is 6.61 Å². The highest BCUT2D eigenvalue weighted by Crippen LogP contribution is 2.49. The van der Waals surface area contributed by atoms with Crippen LogP contribution in [0.1, 0.15) is 105 Å². The molecule has 14 nitrogen and oxygen atoms in total. The molecular weight excluding hydrogens is 620 g/mol. The molecule has 2 saturated heterocycles. The number of carbonyl (C=O) groups is 3. The van der Waals surface area contributed by atoms with E-state index in [1.54, 1.807) is 67.5 Å². The van der Waals surface area contributed by atoms with Crippen LogP contribution in [0.2, 0.25) is 0 Å². The number of amidine groups is 1. The number of aromatic amines is 1. The van der Waals surface area contributed by atoms with E-state index in [-0.39, 0.29) is 18.3 Å². The van der Waals surface area contributed by atoms with Gasteiger partial charge in [-0.15, -0.1) is 0 Å². The molecule has 0 aromatic carbocycles. The van der Waals surface area contributed by atoms with Crippen LogP contribution < -0.4 is 10.6 Å². The molecule has 1 aliphatic carbocycles. The number of rotatable bonds is 9. The lowest BCUT2D eigenvalue weighted by molar-refractivity contribution is -0.207. The Balaban J connectivity index is 1.53. The van der Waals surface area contributed by atoms with Crippen LogP contribution in [0.3, 0.4) is 0 Å². The summed E-state index contributed by atoms with van der Waals surface area (Å²) >= 11 is 0. The van der Waals surface area contributed by atoms with Crippen molar-refractivity contribution in [3.63, 3.8) is 0 Å². The number of hydrogen-bond donors (Lipinski definition) is 4. The quantitative estimate of drug-likeness (QED) is 0.165. The Morgan fingerprint density at radius 3 is 2.42 bits per heavy atom. The second kappa shape index (κ2) is 14.4. The lowest BCUT2D eigenvalue weighted by Crippen LogP contribution is -2.51. The van der Waals surface area contributed by atoms with Gasteiger partial charge in [-0.05, 0) is 70.9 Å². The van der Waals surface area contributed by atoms with Crippen LogP contribution in [0.5, 0.6) is 0 Å². The SMILES string of the molecule is CC(C)(C)OC(=O)N[C@H](C(=O)OC[C@H]1O[C@@](C#N)(c2ccc(/C(=N\C=N)NC(=O)CC3CCCCC3)[nH]2)[C@@H]2OC(C)(C)O[C@@H]21)C(C)(C)C. The summed E-state index contributed by atoms with van der Waals surface area (Å²) in [5.41, 5.74) is -2.52. The van der Waals surface area contributed by atoms with Gasteiger partial charge in [0.2, 0.25) is 11.5 Å². The highest BCUT2D eigenvalue weighted by Gasteiger charge is 2.65. The van der Waals surface area contributed by atoms with Gasteiger partial charge in [0.1, 0.15) is 49.0 Å². The van der Waals surface area contributed by atoms with Crippen LogP contribution >= 0.6 is 0 Å². The molecule has 0 radical (unpaired) electrons. The van der Waals surface area contributed by atoms with E-state index in [2.05, 4.69) is 26.7 Å². The molecule has 0 unspecified atom stereocenters. The Bertz CT molecular complexity index is 1430. The summed E-state index contributed by atoms with van der Waals surface area (Å²) in [5.74, 6) is -1.54. The summed E-state index contributed by atoms with van der Waals surface area (Å²) < 4.78 is 29.7. The molecule has 3 fully saturated rings. The number of aliphatic imine (C=N–C) groups is 1. The van der Waals surface area contributed by atoms with Gasteiger partial charge < -0.3 is 39.3 Å². The number of nitrogens with one attached hydrogen (secondary N) is 4. The largest absolute Gasteiger partial charge is 0.461 e. The van der Waals surface area contributed by atoms with E-state index in [0.717, 1.165) is 32.0 Å². The minimum absolute atomic E-state index is 0.139. The predicted octanol–water partition coefficient (Wildman–Crippen LogP) is 4.58. The maximum absolute atomic E-state index is 13.4. The van der Waals surface area contributed by atoms with Gasteiger partial charge in [0, 0.05) is 6.42 Å². The van der Waals surface area contributed by atoms with Crippen molar-refractivity contribution in [1.82, 2.24) is 15.6 Å². The van der Waals surface area contributed by atoms with E-state index in [1.807, 2.05) is 0 Å². The summed E-state index contributed by atoms with van der Waals surface area (Å²) in [4.78, 5) is 46.0. The molecule has 5 atom stereocenters. The number of hydrogen-bond acceptors (Lipinski definition) is 10. The molecule has 3 aliphatic rings. The fraction of sp³-hybridized carbons (Fsp3) is 0.706. The van der Waals surface area contributed by atoms with Crippen LogP contribution in [-0.4, -0.2) is 77.5 Å². The molecule has 14 heteroatoms. The molecule has 4 rings (SSSR count). The monoisotopic (exact) mass is 670 g/mol. The molecule has 0 spiro atoms. The van der Waals surface area contributed by atoms with Crippen molar-refractivity contribution in [3.8, 4) is 6.07 Å². The van der Waals surface area contributed by atoms with Crippen LogP contribution in [-0.2, 0) is 38.9 Å². The van der Waals surface area contributed by atoms with Gasteiger partial charge >= 0.3 is 12.1 Å². The summed E-state index contributed by atoms with van der Waals surface area (Å²) in [6.07, 6.45) is 3.24. The lowest BCUT2D eigenvalue weighted by atomic mass is 9.87. The third kappa shape index (κ3) is 8.80. The number of esters is 1. The van der Waals surface area contributed by atoms with Gasteiger partial charge in [0.05, 0.1) is 11.4 Å². The second-order valence-electron chi connectivity index (χ2n) is 15.2. The second-order valence-corrected chi connectivity index (χ2v) is 15.2. The zero-order valence-corrected chi connectivity index (χ0v) is 29.2. The average molecular weight is 671 g/mol. The van der Waals surface area contributed by atoms with Gasteiger partial charge in [-0.25, -0.2) is 14.6 Å². The van der Waals surface area contributed by atoms with Crippen molar-refractivity contribution >= 4 is 30.1 Å². The first-order valence-corrected chi connectivity index (χ1v) is 16.5. The summed E-state index contributed by atoms with van der Waals surface area (Å²) in [5, 5.41) is 23.6. The zero-order valence-electron chi connectivity index (χ0n) is 29.2. The van der Waals surface area contributed by atoms with E-state index >= 15 is 0 Å². The molecule has 1 aromatic rings. The molecule has 1 saturated carbocycles. The standard InChI is InChI=1S/C34H50N6O8/c1-31(2,3)26(40-30(43)48-32(4,5)6)29(42)44-17-22-25-27(47-33(7,8)46-25)34(18-35,45-22)23-15-14-21(38-23)28(37-19-36)39-24(41)16-20-12-10-9-11-13-20/h14-15,19-20,22,25-27,38H,9-13,16-17H2,1-8H3,(H,40,43)(H2,36,37,39,41)/t22-,25-,26-,27-,34+/m1/s1. The van der Waals surface area contributed by atoms with Crippen molar-refractivity contribution in [3.05, 3.63) is 23.5 Å². The van der Waals surface area contributed by atoms with Gasteiger partial charge in [-0.3, -0.25) is 10.2 Å². The molecule has 48 heavy (non-hydrogen) atoms. The molecular formula is C34H50N6O8. The minimum atomic E-state index is -1.71. The van der Waals surface area contributed by atoms with Crippen molar-refractivity contribution in [2.45, 2.75) is 135 Å². The Morgan fingerprint density at radius 2 is 1.81 bits per heavy atom. The fourth-order valence-electron chi connectivity index (χ4n) is 6.37. The van der Waals surface area contributed by atoms with Crippen LogP contribution in [0.4, 0.5) is 4.79 Å². The smallest absolute Gasteiger partial charge is 0.408 e. The molecule has 3 heterocycles. The first-order valence-electron chi connectivity index (χ1n) is 16.5. The maximum Gasteiger partial charge on any atom is 0.408 e. The highest BCUT2D eigenvalue weighted by atomic mass is 16.8. The number of H-pyrrole nitrogens is 1. The highest BCUT2D eigenvalue weighted by molar-refractivity contribution is 6.09. The summed E-state index contributed by atoms with van der Waals surface area (Å²) in [7, 11) is 0. The number of alkyl carbamates (subject to hydrolysis) is 1. The van der Waals surface area contributed by atoms with Crippen LogP contribution in [0, 0.1) is 28.1 Å². The number of fused-ring (bicyclic) bond motifs is 1. The number of aromatic nitrogens is 1. The number of nitrogens with zero attached hydrogens (tertiary/aromatic N) is 2. The van der Waals surface area contributed by atoms with Gasteiger partial charge in [-0.1, -0.05) is 40.0 Å². The van der Waals surface area contributed by atoms with Gasteiger partial charge in [-0.2, -0.15) is 5.26 Å². The van der Waals surface area contributed by atoms with Gasteiger partial charge in [0.15, 0.2) is 11.6 Å².